The molecule has 0 spiro atoms. The molecule has 1 saturated carbocycles. The average Bonchev–Trinajstić information content (AvgIpc) is 2.30. The van der Waals surface area contributed by atoms with E-state index in [1.165, 1.54) is 6.42 Å². The van der Waals surface area contributed by atoms with E-state index in [1.54, 1.807) is 7.05 Å². The van der Waals surface area contributed by atoms with E-state index in [-0.39, 0.29) is 24.0 Å². The van der Waals surface area contributed by atoms with E-state index in [2.05, 4.69) is 34.2 Å². The molecular weight excluding hydrogens is 403 g/mol. The van der Waals surface area contributed by atoms with Gasteiger partial charge in [-0.2, -0.15) is 0 Å². The second kappa shape index (κ2) is 9.83. The molecule has 1 aliphatic rings. The second-order valence-electron chi connectivity index (χ2n) is 5.92. The van der Waals surface area contributed by atoms with Crippen molar-refractivity contribution in [3.05, 3.63) is 0 Å². The van der Waals surface area contributed by atoms with Gasteiger partial charge in [0.15, 0.2) is 5.96 Å². The van der Waals surface area contributed by atoms with Gasteiger partial charge in [-0.15, -0.1) is 24.0 Å². The van der Waals surface area contributed by atoms with Crippen molar-refractivity contribution in [3.63, 3.8) is 0 Å². The third kappa shape index (κ3) is 9.51. The summed E-state index contributed by atoms with van der Waals surface area (Å²) in [7, 11) is -1.39. The van der Waals surface area contributed by atoms with Crippen LogP contribution in [0.25, 0.3) is 0 Å². The highest BCUT2D eigenvalue weighted by Crippen LogP contribution is 2.28. The van der Waals surface area contributed by atoms with Crippen molar-refractivity contribution >= 4 is 40.0 Å². The standard InChI is InChI=1S/C13H28N4O2S.HI/c1-10-7-11(2)9-12(8-10)17-13(14-3)15-5-6-16-20(4,18)19;/h10-12,16H,5-9H2,1-4H3,(H2,14,15,17);1H. The lowest BCUT2D eigenvalue weighted by molar-refractivity contribution is 0.255. The number of nitrogens with one attached hydrogen (secondary N) is 3. The Balaban J connectivity index is 0.00000400. The van der Waals surface area contributed by atoms with Gasteiger partial charge in [-0.05, 0) is 31.1 Å². The van der Waals surface area contributed by atoms with E-state index in [1.807, 2.05) is 0 Å². The van der Waals surface area contributed by atoms with Crippen molar-refractivity contribution < 1.29 is 8.42 Å². The van der Waals surface area contributed by atoms with E-state index in [0.29, 0.717) is 19.1 Å². The van der Waals surface area contributed by atoms with Gasteiger partial charge in [0.05, 0.1) is 6.26 Å². The quantitative estimate of drug-likeness (QED) is 0.264. The van der Waals surface area contributed by atoms with Gasteiger partial charge >= 0.3 is 0 Å². The number of aliphatic imine (C=N–C) groups is 1. The predicted octanol–water partition coefficient (Wildman–Crippen LogP) is 1.14. The number of halogens is 1. The number of sulfonamides is 1. The Hall–Kier alpha value is -0.0900. The third-order valence-corrected chi connectivity index (χ3v) is 4.25. The molecule has 0 saturated heterocycles. The molecule has 126 valence electrons. The minimum absolute atomic E-state index is 0. The van der Waals surface area contributed by atoms with E-state index < -0.39 is 10.0 Å². The molecule has 2 atom stereocenters. The van der Waals surface area contributed by atoms with Crippen LogP contribution in [0.5, 0.6) is 0 Å². The lowest BCUT2D eigenvalue weighted by Crippen LogP contribution is -2.47. The van der Waals surface area contributed by atoms with Gasteiger partial charge in [-0.1, -0.05) is 13.8 Å². The van der Waals surface area contributed by atoms with Crippen molar-refractivity contribution in [2.24, 2.45) is 16.8 Å². The fraction of sp³-hybridized carbons (Fsp3) is 0.923. The fourth-order valence-corrected chi connectivity index (χ4v) is 3.34. The van der Waals surface area contributed by atoms with E-state index in [4.69, 9.17) is 0 Å². The number of nitrogens with zero attached hydrogens (tertiary/aromatic N) is 1. The molecule has 2 unspecified atom stereocenters. The molecule has 1 fully saturated rings. The van der Waals surface area contributed by atoms with E-state index in [0.717, 1.165) is 36.9 Å². The molecule has 0 aromatic carbocycles. The molecular formula is C13H29IN4O2S. The predicted molar refractivity (Wildman–Crippen MR) is 98.7 cm³/mol. The summed E-state index contributed by atoms with van der Waals surface area (Å²) in [5, 5.41) is 6.56. The molecule has 0 aromatic rings. The molecule has 1 aliphatic carbocycles. The lowest BCUT2D eigenvalue weighted by atomic mass is 9.80. The van der Waals surface area contributed by atoms with Crippen molar-refractivity contribution in [1.82, 2.24) is 15.4 Å². The molecule has 6 nitrogen and oxygen atoms in total. The Kier molecular flexibility index (Phi) is 9.79. The zero-order chi connectivity index (χ0) is 15.2. The number of rotatable bonds is 5. The summed E-state index contributed by atoms with van der Waals surface area (Å²) in [6, 6.07) is 0.447. The summed E-state index contributed by atoms with van der Waals surface area (Å²) in [5.74, 6) is 2.22. The average molecular weight is 432 g/mol. The largest absolute Gasteiger partial charge is 0.355 e. The van der Waals surface area contributed by atoms with Crippen LogP contribution in [0.15, 0.2) is 4.99 Å². The highest BCUT2D eigenvalue weighted by molar-refractivity contribution is 14.0. The molecule has 0 bridgehead atoms. The van der Waals surface area contributed by atoms with Crippen LogP contribution in [-0.4, -0.2) is 46.8 Å². The Morgan fingerprint density at radius 3 is 2.19 bits per heavy atom. The SMILES string of the molecule is CN=C(NCCNS(C)(=O)=O)NC1CC(C)CC(C)C1.I. The van der Waals surface area contributed by atoms with Crippen molar-refractivity contribution in [2.45, 2.75) is 39.2 Å². The Bertz CT molecular complexity index is 418. The summed E-state index contributed by atoms with van der Waals surface area (Å²) in [6.45, 7) is 5.45. The monoisotopic (exact) mass is 432 g/mol. The van der Waals surface area contributed by atoms with Crippen LogP contribution in [0.3, 0.4) is 0 Å². The highest BCUT2D eigenvalue weighted by atomic mass is 127. The van der Waals surface area contributed by atoms with Crippen molar-refractivity contribution in [1.29, 1.82) is 0 Å². The highest BCUT2D eigenvalue weighted by Gasteiger charge is 2.24. The van der Waals surface area contributed by atoms with Crippen LogP contribution in [-0.2, 0) is 10.0 Å². The van der Waals surface area contributed by atoms with Crippen molar-refractivity contribution in [2.75, 3.05) is 26.4 Å². The second-order valence-corrected chi connectivity index (χ2v) is 7.76. The minimum atomic E-state index is -3.12. The normalized spacial score (nSPS) is 26.9. The van der Waals surface area contributed by atoms with Gasteiger partial charge in [0.25, 0.3) is 0 Å². The van der Waals surface area contributed by atoms with Gasteiger partial charge in [0.2, 0.25) is 10.0 Å². The maximum Gasteiger partial charge on any atom is 0.208 e. The minimum Gasteiger partial charge on any atom is -0.355 e. The zero-order valence-electron chi connectivity index (χ0n) is 13.3. The molecule has 0 amide bonds. The summed E-state index contributed by atoms with van der Waals surface area (Å²) in [5.41, 5.74) is 0. The van der Waals surface area contributed by atoms with Crippen LogP contribution >= 0.6 is 24.0 Å². The number of hydrogen-bond acceptors (Lipinski definition) is 3. The Morgan fingerprint density at radius 2 is 1.71 bits per heavy atom. The van der Waals surface area contributed by atoms with Crippen molar-refractivity contribution in [3.8, 4) is 0 Å². The van der Waals surface area contributed by atoms with Gasteiger partial charge < -0.3 is 10.6 Å². The smallest absolute Gasteiger partial charge is 0.208 e. The lowest BCUT2D eigenvalue weighted by Gasteiger charge is -2.32. The molecule has 21 heavy (non-hydrogen) atoms. The molecule has 1 rings (SSSR count). The first kappa shape index (κ1) is 20.9. The maximum absolute atomic E-state index is 10.9. The molecule has 0 heterocycles. The first-order chi connectivity index (χ1) is 9.30. The molecule has 0 aliphatic heterocycles. The number of hydrogen-bond donors (Lipinski definition) is 3. The van der Waals surface area contributed by atoms with Crippen LogP contribution in [0.4, 0.5) is 0 Å². The maximum atomic E-state index is 10.9. The van der Waals surface area contributed by atoms with Gasteiger partial charge in [0.1, 0.15) is 0 Å². The van der Waals surface area contributed by atoms with Crippen LogP contribution in [0.1, 0.15) is 33.1 Å². The summed E-state index contributed by atoms with van der Waals surface area (Å²) in [6.07, 6.45) is 4.77. The van der Waals surface area contributed by atoms with Crippen LogP contribution in [0.2, 0.25) is 0 Å². The molecule has 0 aromatic heterocycles. The van der Waals surface area contributed by atoms with Crippen LogP contribution in [0, 0.1) is 11.8 Å². The topological polar surface area (TPSA) is 82.6 Å². The number of guanidine groups is 1. The first-order valence-corrected chi connectivity index (χ1v) is 9.11. The summed E-state index contributed by atoms with van der Waals surface area (Å²) in [4.78, 5) is 4.18. The van der Waals surface area contributed by atoms with Crippen LogP contribution < -0.4 is 15.4 Å². The molecule has 3 N–H and O–H groups in total. The van der Waals surface area contributed by atoms with Gasteiger partial charge in [-0.3, -0.25) is 4.99 Å². The van der Waals surface area contributed by atoms with Gasteiger partial charge in [0, 0.05) is 26.2 Å². The fourth-order valence-electron chi connectivity index (χ4n) is 2.87. The van der Waals surface area contributed by atoms with E-state index in [9.17, 15) is 8.42 Å². The van der Waals surface area contributed by atoms with Gasteiger partial charge in [-0.25, -0.2) is 13.1 Å². The summed E-state index contributed by atoms with van der Waals surface area (Å²) >= 11 is 0. The zero-order valence-corrected chi connectivity index (χ0v) is 16.5. The molecule has 8 heteroatoms. The summed E-state index contributed by atoms with van der Waals surface area (Å²) < 4.78 is 24.3. The third-order valence-electron chi connectivity index (χ3n) is 3.52. The Labute approximate surface area is 146 Å². The Morgan fingerprint density at radius 1 is 1.14 bits per heavy atom. The molecule has 0 radical (unpaired) electrons. The first-order valence-electron chi connectivity index (χ1n) is 7.22. The van der Waals surface area contributed by atoms with E-state index >= 15 is 0 Å².